The molecule has 1 aromatic rings. The van der Waals surface area contributed by atoms with Gasteiger partial charge < -0.3 is 14.9 Å². The van der Waals surface area contributed by atoms with E-state index >= 15 is 0 Å². The number of aryl methyl sites for hydroxylation is 1. The molecular formula is C14H16N4O3. The van der Waals surface area contributed by atoms with Crippen molar-refractivity contribution in [2.24, 2.45) is 0 Å². The molecule has 1 atom stereocenters. The zero-order valence-corrected chi connectivity index (χ0v) is 11.7. The number of aldehydes is 1. The Hall–Kier alpha value is -2.62. The molecule has 1 fully saturated rings. The van der Waals surface area contributed by atoms with Crippen molar-refractivity contribution >= 4 is 18.2 Å². The molecule has 21 heavy (non-hydrogen) atoms. The molecule has 7 nitrogen and oxygen atoms in total. The lowest BCUT2D eigenvalue weighted by Gasteiger charge is -2.40. The highest BCUT2D eigenvalue weighted by molar-refractivity contribution is 5.75. The molecule has 1 amide bonds. The molecule has 1 N–H and O–H groups in total. The summed E-state index contributed by atoms with van der Waals surface area (Å²) in [6.45, 7) is 3.13. The van der Waals surface area contributed by atoms with Crippen molar-refractivity contribution in [3.05, 3.63) is 23.4 Å². The summed E-state index contributed by atoms with van der Waals surface area (Å²) in [6.07, 6.45) is 1.38. The van der Waals surface area contributed by atoms with Gasteiger partial charge in [0.15, 0.2) is 6.29 Å². The second-order valence-electron chi connectivity index (χ2n) is 4.97. The van der Waals surface area contributed by atoms with Crippen LogP contribution in [0.2, 0.25) is 0 Å². The Labute approximate surface area is 122 Å². The minimum Gasteiger partial charge on any atom is -0.465 e. The molecule has 1 saturated heterocycles. The topological polar surface area (TPSA) is 97.5 Å². The summed E-state index contributed by atoms with van der Waals surface area (Å²) in [6, 6.07) is 3.41. The highest BCUT2D eigenvalue weighted by atomic mass is 16.4. The fraction of sp³-hybridized carbons (Fsp3) is 0.429. The standard InChI is InChI=1S/C14H16N4O3/c1-10-6-11(9-19)7-16-13(10)17-4-5-18(14(20)21)12(8-17)2-3-15/h6-7,9,12H,2,4-5,8H2,1H3,(H,20,21). The molecule has 0 spiro atoms. The fourth-order valence-corrected chi connectivity index (χ4v) is 2.56. The average Bonchev–Trinajstić information content (AvgIpc) is 2.47. The van der Waals surface area contributed by atoms with Crippen LogP contribution in [0.3, 0.4) is 0 Å². The minimum absolute atomic E-state index is 0.147. The molecule has 110 valence electrons. The van der Waals surface area contributed by atoms with Crippen LogP contribution >= 0.6 is 0 Å². The van der Waals surface area contributed by atoms with Crippen LogP contribution in [0.1, 0.15) is 22.3 Å². The highest BCUT2D eigenvalue weighted by Crippen LogP contribution is 2.22. The van der Waals surface area contributed by atoms with Crippen molar-refractivity contribution in [1.82, 2.24) is 9.88 Å². The van der Waals surface area contributed by atoms with E-state index in [0.29, 0.717) is 25.2 Å². The van der Waals surface area contributed by atoms with Gasteiger partial charge in [-0.3, -0.25) is 4.79 Å². The van der Waals surface area contributed by atoms with Crippen LogP contribution in [-0.4, -0.2) is 53.0 Å². The smallest absolute Gasteiger partial charge is 0.407 e. The Balaban J connectivity index is 2.21. The van der Waals surface area contributed by atoms with Gasteiger partial charge in [0, 0.05) is 31.4 Å². The SMILES string of the molecule is Cc1cc(C=O)cnc1N1CCN(C(=O)O)C(CC#N)C1. The maximum absolute atomic E-state index is 11.2. The molecular weight excluding hydrogens is 272 g/mol. The number of amides is 1. The number of pyridine rings is 1. The first-order valence-corrected chi connectivity index (χ1v) is 6.60. The van der Waals surface area contributed by atoms with E-state index in [9.17, 15) is 9.59 Å². The Kier molecular flexibility index (Phi) is 4.38. The van der Waals surface area contributed by atoms with Gasteiger partial charge in [-0.1, -0.05) is 0 Å². The molecule has 7 heteroatoms. The van der Waals surface area contributed by atoms with Gasteiger partial charge >= 0.3 is 6.09 Å². The van der Waals surface area contributed by atoms with E-state index < -0.39 is 6.09 Å². The summed E-state index contributed by atoms with van der Waals surface area (Å²) < 4.78 is 0. The largest absolute Gasteiger partial charge is 0.465 e. The number of hydrogen-bond donors (Lipinski definition) is 1. The molecule has 0 aromatic carbocycles. The Morgan fingerprint density at radius 3 is 2.95 bits per heavy atom. The van der Waals surface area contributed by atoms with E-state index in [1.165, 1.54) is 11.1 Å². The molecule has 1 aromatic heterocycles. The average molecular weight is 288 g/mol. The maximum atomic E-state index is 11.2. The van der Waals surface area contributed by atoms with Crippen molar-refractivity contribution in [1.29, 1.82) is 5.26 Å². The van der Waals surface area contributed by atoms with E-state index in [0.717, 1.165) is 17.7 Å². The molecule has 2 heterocycles. The van der Waals surface area contributed by atoms with Gasteiger partial charge in [-0.2, -0.15) is 5.26 Å². The van der Waals surface area contributed by atoms with Crippen molar-refractivity contribution in [3.8, 4) is 6.07 Å². The van der Waals surface area contributed by atoms with Crippen molar-refractivity contribution in [2.45, 2.75) is 19.4 Å². The van der Waals surface area contributed by atoms with Crippen LogP contribution in [0, 0.1) is 18.3 Å². The number of anilines is 1. The summed E-state index contributed by atoms with van der Waals surface area (Å²) in [5.41, 5.74) is 1.37. The van der Waals surface area contributed by atoms with Gasteiger partial charge in [0.05, 0.1) is 18.5 Å². The lowest BCUT2D eigenvalue weighted by molar-refractivity contribution is 0.112. The number of rotatable bonds is 3. The number of nitriles is 1. The van der Waals surface area contributed by atoms with Gasteiger partial charge in [0.2, 0.25) is 0 Å². The van der Waals surface area contributed by atoms with E-state index in [1.54, 1.807) is 6.07 Å². The van der Waals surface area contributed by atoms with Crippen LogP contribution in [-0.2, 0) is 0 Å². The Morgan fingerprint density at radius 2 is 2.38 bits per heavy atom. The van der Waals surface area contributed by atoms with Crippen molar-refractivity contribution in [2.75, 3.05) is 24.5 Å². The lowest BCUT2D eigenvalue weighted by atomic mass is 10.1. The van der Waals surface area contributed by atoms with Crippen LogP contribution in [0.5, 0.6) is 0 Å². The monoisotopic (exact) mass is 288 g/mol. The van der Waals surface area contributed by atoms with Crippen LogP contribution in [0.4, 0.5) is 10.6 Å². The third-order valence-electron chi connectivity index (χ3n) is 3.56. The number of carboxylic acid groups (broad SMARTS) is 1. The van der Waals surface area contributed by atoms with Crippen molar-refractivity contribution < 1.29 is 14.7 Å². The van der Waals surface area contributed by atoms with E-state index in [-0.39, 0.29) is 12.5 Å². The first kappa shape index (κ1) is 14.8. The Bertz CT molecular complexity index is 596. The van der Waals surface area contributed by atoms with Crippen molar-refractivity contribution in [3.63, 3.8) is 0 Å². The summed E-state index contributed by atoms with van der Waals surface area (Å²) in [4.78, 5) is 29.5. The molecule has 0 saturated carbocycles. The summed E-state index contributed by atoms with van der Waals surface area (Å²) in [5, 5.41) is 18.0. The first-order chi connectivity index (χ1) is 10.1. The molecule has 0 bridgehead atoms. The number of aromatic nitrogens is 1. The van der Waals surface area contributed by atoms with Gasteiger partial charge in [-0.25, -0.2) is 9.78 Å². The quantitative estimate of drug-likeness (QED) is 0.841. The number of carbonyl (C=O) groups excluding carboxylic acids is 1. The predicted octanol–water partition coefficient (Wildman–Crippen LogP) is 1.28. The molecule has 1 unspecified atom stereocenters. The number of hydrogen-bond acceptors (Lipinski definition) is 5. The van der Waals surface area contributed by atoms with Crippen LogP contribution < -0.4 is 4.90 Å². The molecule has 2 rings (SSSR count). The Morgan fingerprint density at radius 1 is 1.62 bits per heavy atom. The normalized spacial score (nSPS) is 18.2. The van der Waals surface area contributed by atoms with E-state index in [2.05, 4.69) is 4.98 Å². The first-order valence-electron chi connectivity index (χ1n) is 6.60. The molecule has 0 aliphatic carbocycles. The van der Waals surface area contributed by atoms with Gasteiger partial charge in [-0.05, 0) is 18.6 Å². The number of piperazine rings is 1. The van der Waals surface area contributed by atoms with Gasteiger partial charge in [0.1, 0.15) is 5.82 Å². The number of carbonyl (C=O) groups is 2. The van der Waals surface area contributed by atoms with E-state index in [4.69, 9.17) is 10.4 Å². The minimum atomic E-state index is -1.00. The second kappa shape index (κ2) is 6.22. The fourth-order valence-electron chi connectivity index (χ4n) is 2.56. The van der Waals surface area contributed by atoms with Crippen LogP contribution in [0.25, 0.3) is 0 Å². The molecule has 1 aliphatic heterocycles. The van der Waals surface area contributed by atoms with Gasteiger partial charge in [0.25, 0.3) is 0 Å². The zero-order valence-electron chi connectivity index (χ0n) is 11.7. The maximum Gasteiger partial charge on any atom is 0.407 e. The van der Waals surface area contributed by atoms with E-state index in [1.807, 2.05) is 17.9 Å². The highest BCUT2D eigenvalue weighted by Gasteiger charge is 2.31. The third-order valence-corrected chi connectivity index (χ3v) is 3.56. The zero-order chi connectivity index (χ0) is 15.4. The van der Waals surface area contributed by atoms with Crippen LogP contribution in [0.15, 0.2) is 12.3 Å². The second-order valence-corrected chi connectivity index (χ2v) is 4.97. The molecule has 1 aliphatic rings. The van der Waals surface area contributed by atoms with Gasteiger partial charge in [-0.15, -0.1) is 0 Å². The number of nitrogens with zero attached hydrogens (tertiary/aromatic N) is 4. The summed E-state index contributed by atoms with van der Waals surface area (Å²) in [5.74, 6) is 0.730. The lowest BCUT2D eigenvalue weighted by Crippen LogP contribution is -2.55. The summed E-state index contributed by atoms with van der Waals surface area (Å²) in [7, 11) is 0. The molecule has 0 radical (unpaired) electrons. The predicted molar refractivity (Wildman–Crippen MR) is 75.3 cm³/mol. The third kappa shape index (κ3) is 3.11. The summed E-state index contributed by atoms with van der Waals surface area (Å²) >= 11 is 0.